The first-order chi connectivity index (χ1) is 13.3. The van der Waals surface area contributed by atoms with Gasteiger partial charge in [0.1, 0.15) is 5.82 Å². The average molecular weight is 488 g/mol. The van der Waals surface area contributed by atoms with Crippen LogP contribution in [0, 0.1) is 5.82 Å². The summed E-state index contributed by atoms with van der Waals surface area (Å²) < 4.78 is 41.3. The predicted molar refractivity (Wildman–Crippen MR) is 110 cm³/mol. The summed E-state index contributed by atoms with van der Waals surface area (Å²) in [6, 6.07) is 10.6. The van der Waals surface area contributed by atoms with Gasteiger partial charge in [-0.2, -0.15) is 4.31 Å². The monoisotopic (exact) mass is 486 g/mol. The number of piperazine rings is 1. The van der Waals surface area contributed by atoms with E-state index in [1.165, 1.54) is 33.5 Å². The van der Waals surface area contributed by atoms with Crippen molar-refractivity contribution < 1.29 is 17.6 Å². The van der Waals surface area contributed by atoms with E-state index in [0.29, 0.717) is 0 Å². The maximum Gasteiger partial charge on any atom is 0.246 e. The minimum Gasteiger partial charge on any atom is -0.337 e. The zero-order chi connectivity index (χ0) is 20.3. The van der Waals surface area contributed by atoms with Crippen LogP contribution < -0.4 is 0 Å². The quantitative estimate of drug-likeness (QED) is 0.617. The number of carbonyl (C=O) groups is 1. The van der Waals surface area contributed by atoms with Crippen LogP contribution in [-0.4, -0.2) is 49.7 Å². The average Bonchev–Trinajstić information content (AvgIpc) is 2.67. The largest absolute Gasteiger partial charge is 0.337 e. The first-order valence-electron chi connectivity index (χ1n) is 8.45. The summed E-state index contributed by atoms with van der Waals surface area (Å²) in [6.45, 7) is 0.935. The smallest absolute Gasteiger partial charge is 0.246 e. The van der Waals surface area contributed by atoms with Gasteiger partial charge in [0.15, 0.2) is 0 Å². The highest BCUT2D eigenvalue weighted by Crippen LogP contribution is 2.20. The van der Waals surface area contributed by atoms with E-state index in [1.807, 2.05) is 0 Å². The SMILES string of the molecule is O=C(/C=C/c1ccc(Cl)cc1F)N1CCN(S(=O)(=O)c2ccc(Br)cc2)CC1. The van der Waals surface area contributed by atoms with Gasteiger partial charge in [0.05, 0.1) is 4.90 Å². The molecule has 9 heteroatoms. The third-order valence-corrected chi connectivity index (χ3v) is 7.05. The maximum atomic E-state index is 13.8. The predicted octanol–water partition coefficient (Wildman–Crippen LogP) is 3.79. The van der Waals surface area contributed by atoms with E-state index in [2.05, 4.69) is 15.9 Å². The lowest BCUT2D eigenvalue weighted by molar-refractivity contribution is -0.127. The zero-order valence-electron chi connectivity index (χ0n) is 14.7. The van der Waals surface area contributed by atoms with Crippen molar-refractivity contribution in [3.63, 3.8) is 0 Å². The summed E-state index contributed by atoms with van der Waals surface area (Å²) >= 11 is 8.99. The van der Waals surface area contributed by atoms with Crippen LogP contribution in [0.3, 0.4) is 0 Å². The molecule has 3 rings (SSSR count). The van der Waals surface area contributed by atoms with E-state index in [0.717, 1.165) is 4.47 Å². The van der Waals surface area contributed by atoms with E-state index in [1.54, 1.807) is 30.3 Å². The van der Waals surface area contributed by atoms with Gasteiger partial charge in [-0.05, 0) is 42.5 Å². The van der Waals surface area contributed by atoms with Crippen LogP contribution in [0.2, 0.25) is 5.02 Å². The van der Waals surface area contributed by atoms with Gasteiger partial charge in [-0.25, -0.2) is 12.8 Å². The van der Waals surface area contributed by atoms with E-state index in [-0.39, 0.29) is 47.6 Å². The number of amides is 1. The normalized spacial score (nSPS) is 15.9. The Hall–Kier alpha value is -1.74. The Morgan fingerprint density at radius 2 is 1.71 bits per heavy atom. The van der Waals surface area contributed by atoms with Crippen molar-refractivity contribution in [2.45, 2.75) is 4.90 Å². The summed E-state index contributed by atoms with van der Waals surface area (Å²) in [5.41, 5.74) is 0.259. The highest BCUT2D eigenvalue weighted by Gasteiger charge is 2.29. The fourth-order valence-corrected chi connectivity index (χ4v) is 4.65. The molecule has 1 fully saturated rings. The van der Waals surface area contributed by atoms with Crippen LogP contribution in [0.25, 0.3) is 6.08 Å². The lowest BCUT2D eigenvalue weighted by atomic mass is 10.2. The summed E-state index contributed by atoms with van der Waals surface area (Å²) in [6.07, 6.45) is 2.67. The second kappa shape index (κ2) is 8.73. The standard InChI is InChI=1S/C19H17BrClFN2O3S/c20-15-3-6-17(7-4-15)28(26,27)24-11-9-23(10-12-24)19(25)8-2-14-1-5-16(21)13-18(14)22/h1-8,13H,9-12H2/b8-2+. The molecule has 0 bridgehead atoms. The van der Waals surface area contributed by atoms with Gasteiger partial charge < -0.3 is 4.90 Å². The van der Waals surface area contributed by atoms with Crippen LogP contribution >= 0.6 is 27.5 Å². The molecule has 1 aliphatic rings. The second-order valence-corrected chi connectivity index (χ2v) is 9.47. The van der Waals surface area contributed by atoms with Crippen LogP contribution in [0.4, 0.5) is 4.39 Å². The molecule has 5 nitrogen and oxygen atoms in total. The number of rotatable bonds is 4. The van der Waals surface area contributed by atoms with Gasteiger partial charge >= 0.3 is 0 Å². The van der Waals surface area contributed by atoms with Crippen LogP contribution in [0.15, 0.2) is 57.9 Å². The highest BCUT2D eigenvalue weighted by molar-refractivity contribution is 9.10. The molecular weight excluding hydrogens is 471 g/mol. The lowest BCUT2D eigenvalue weighted by Crippen LogP contribution is -2.50. The number of carbonyl (C=O) groups excluding carboxylic acids is 1. The molecule has 1 saturated heterocycles. The molecule has 28 heavy (non-hydrogen) atoms. The Labute approximate surface area is 176 Å². The summed E-state index contributed by atoms with van der Waals surface area (Å²) in [4.78, 5) is 14.1. The van der Waals surface area contributed by atoms with E-state index < -0.39 is 15.8 Å². The number of nitrogens with zero attached hydrogens (tertiary/aromatic N) is 2. The molecule has 2 aromatic rings. The molecule has 0 radical (unpaired) electrons. The molecule has 0 N–H and O–H groups in total. The molecule has 148 valence electrons. The molecular formula is C19H17BrClFN2O3S. The highest BCUT2D eigenvalue weighted by atomic mass is 79.9. The maximum absolute atomic E-state index is 13.8. The topological polar surface area (TPSA) is 57.7 Å². The fourth-order valence-electron chi connectivity index (χ4n) is 2.81. The van der Waals surface area contributed by atoms with Crippen molar-refractivity contribution in [1.29, 1.82) is 0 Å². The van der Waals surface area contributed by atoms with Crippen molar-refractivity contribution >= 4 is 49.5 Å². The number of benzene rings is 2. The molecule has 0 saturated carbocycles. The molecule has 0 spiro atoms. The Bertz CT molecular complexity index is 1000. The van der Waals surface area contributed by atoms with Crippen molar-refractivity contribution in [1.82, 2.24) is 9.21 Å². The van der Waals surface area contributed by atoms with Crippen LogP contribution in [0.1, 0.15) is 5.56 Å². The van der Waals surface area contributed by atoms with Crippen LogP contribution in [-0.2, 0) is 14.8 Å². The second-order valence-electron chi connectivity index (χ2n) is 6.18. The number of sulfonamides is 1. The Morgan fingerprint density at radius 3 is 2.32 bits per heavy atom. The van der Waals surface area contributed by atoms with Gasteiger partial charge in [0.25, 0.3) is 0 Å². The van der Waals surface area contributed by atoms with Gasteiger partial charge in [-0.3, -0.25) is 4.79 Å². The first-order valence-corrected chi connectivity index (χ1v) is 11.1. The Kier molecular flexibility index (Phi) is 6.54. The number of hydrogen-bond acceptors (Lipinski definition) is 3. The van der Waals surface area contributed by atoms with E-state index >= 15 is 0 Å². The third-order valence-electron chi connectivity index (χ3n) is 4.37. The van der Waals surface area contributed by atoms with Crippen LogP contribution in [0.5, 0.6) is 0 Å². The molecule has 1 heterocycles. The van der Waals surface area contributed by atoms with Gasteiger partial charge in [0, 0.05) is 47.3 Å². The zero-order valence-corrected chi connectivity index (χ0v) is 17.8. The molecule has 1 amide bonds. The van der Waals surface area contributed by atoms with E-state index in [9.17, 15) is 17.6 Å². The Balaban J connectivity index is 1.62. The summed E-state index contributed by atoms with van der Waals surface area (Å²) in [5.74, 6) is -0.808. The lowest BCUT2D eigenvalue weighted by Gasteiger charge is -2.33. The van der Waals surface area contributed by atoms with E-state index in [4.69, 9.17) is 11.6 Å². The van der Waals surface area contributed by atoms with Crippen molar-refractivity contribution in [3.8, 4) is 0 Å². The fraction of sp³-hybridized carbons (Fsp3) is 0.211. The number of halogens is 3. The molecule has 0 aliphatic carbocycles. The minimum absolute atomic E-state index is 0.202. The van der Waals surface area contributed by atoms with Gasteiger partial charge in [-0.1, -0.05) is 33.6 Å². The Morgan fingerprint density at radius 1 is 1.07 bits per heavy atom. The van der Waals surface area contributed by atoms with Gasteiger partial charge in [-0.15, -0.1) is 0 Å². The summed E-state index contributed by atoms with van der Waals surface area (Å²) in [7, 11) is -3.60. The molecule has 0 aromatic heterocycles. The molecule has 2 aromatic carbocycles. The molecule has 1 aliphatic heterocycles. The van der Waals surface area contributed by atoms with Gasteiger partial charge in [0.2, 0.25) is 15.9 Å². The molecule has 0 unspecified atom stereocenters. The number of hydrogen-bond donors (Lipinski definition) is 0. The van der Waals surface area contributed by atoms with Crippen molar-refractivity contribution in [2.24, 2.45) is 0 Å². The van der Waals surface area contributed by atoms with Crippen molar-refractivity contribution in [2.75, 3.05) is 26.2 Å². The van der Waals surface area contributed by atoms with Crippen molar-refractivity contribution in [3.05, 3.63) is 69.4 Å². The third kappa shape index (κ3) is 4.81. The molecule has 0 atom stereocenters. The minimum atomic E-state index is -3.60. The summed E-state index contributed by atoms with van der Waals surface area (Å²) in [5, 5.41) is 0.282. The first kappa shape index (κ1) is 21.0.